The Kier molecular flexibility index (Phi) is 3.97. The summed E-state index contributed by atoms with van der Waals surface area (Å²) in [6.45, 7) is 0. The lowest BCUT2D eigenvalue weighted by molar-refractivity contribution is -0.119. The lowest BCUT2D eigenvalue weighted by atomic mass is 10.1. The highest BCUT2D eigenvalue weighted by Gasteiger charge is 2.18. The van der Waals surface area contributed by atoms with Gasteiger partial charge in [-0.3, -0.25) is 4.79 Å². The van der Waals surface area contributed by atoms with Gasteiger partial charge in [0.1, 0.15) is 17.7 Å². The summed E-state index contributed by atoms with van der Waals surface area (Å²) in [6.07, 6.45) is -1.65. The summed E-state index contributed by atoms with van der Waals surface area (Å²) in [4.78, 5) is 21.3. The Labute approximate surface area is 95.2 Å². The molecule has 1 aromatic carbocycles. The molecule has 0 aliphatic carbocycles. The molecule has 1 rings (SSSR count). The third-order valence-electron chi connectivity index (χ3n) is 2.00. The second kappa shape index (κ2) is 5.24. The molecule has 1 unspecified atom stereocenters. The molecule has 0 saturated heterocycles. The van der Waals surface area contributed by atoms with E-state index in [4.69, 9.17) is 10.8 Å². The van der Waals surface area contributed by atoms with Crippen LogP contribution in [0.3, 0.4) is 0 Å². The van der Waals surface area contributed by atoms with E-state index in [-0.39, 0.29) is 12.0 Å². The van der Waals surface area contributed by atoms with E-state index < -0.39 is 29.7 Å². The molecule has 1 atom stereocenters. The largest absolute Gasteiger partial charge is 0.465 e. The number of carboxylic acid groups (broad SMARTS) is 1. The molecule has 4 N–H and O–H groups in total. The van der Waals surface area contributed by atoms with Crippen LogP contribution in [0.25, 0.3) is 0 Å². The Bertz CT molecular complexity index is 431. The fourth-order valence-corrected chi connectivity index (χ4v) is 1.34. The van der Waals surface area contributed by atoms with Crippen LogP contribution in [-0.2, 0) is 11.2 Å². The molecule has 0 radical (unpaired) electrons. The van der Waals surface area contributed by atoms with Crippen LogP contribution in [0.1, 0.15) is 5.56 Å². The van der Waals surface area contributed by atoms with E-state index in [1.807, 2.05) is 5.32 Å². The Morgan fingerprint density at radius 2 is 1.82 bits per heavy atom. The zero-order valence-corrected chi connectivity index (χ0v) is 8.61. The van der Waals surface area contributed by atoms with Crippen molar-refractivity contribution in [2.24, 2.45) is 5.73 Å². The Hall–Kier alpha value is -2.18. The average molecular weight is 244 g/mol. The van der Waals surface area contributed by atoms with Gasteiger partial charge < -0.3 is 16.2 Å². The van der Waals surface area contributed by atoms with Gasteiger partial charge in [0.2, 0.25) is 5.91 Å². The fourth-order valence-electron chi connectivity index (χ4n) is 1.34. The molecule has 0 spiro atoms. The van der Waals surface area contributed by atoms with Gasteiger partial charge in [-0.05, 0) is 17.7 Å². The molecular formula is C10H10F2N2O3. The predicted octanol–water partition coefficient (Wildman–Crippen LogP) is 0.629. The smallest absolute Gasteiger partial charge is 0.405 e. The van der Waals surface area contributed by atoms with Gasteiger partial charge in [0.25, 0.3) is 0 Å². The van der Waals surface area contributed by atoms with Gasteiger partial charge in [0.05, 0.1) is 0 Å². The number of hydrogen-bond donors (Lipinski definition) is 3. The molecule has 0 heterocycles. The number of primary amides is 1. The number of halogens is 2. The van der Waals surface area contributed by atoms with Crippen LogP contribution in [0, 0.1) is 11.6 Å². The summed E-state index contributed by atoms with van der Waals surface area (Å²) in [6, 6.07) is 1.45. The van der Waals surface area contributed by atoms with E-state index in [1.165, 1.54) is 0 Å². The zero-order chi connectivity index (χ0) is 13.0. The van der Waals surface area contributed by atoms with E-state index in [1.54, 1.807) is 0 Å². The van der Waals surface area contributed by atoms with E-state index in [0.29, 0.717) is 6.07 Å². The molecule has 17 heavy (non-hydrogen) atoms. The first kappa shape index (κ1) is 12.9. The Morgan fingerprint density at radius 3 is 2.24 bits per heavy atom. The maximum Gasteiger partial charge on any atom is 0.405 e. The van der Waals surface area contributed by atoms with Gasteiger partial charge in [-0.1, -0.05) is 0 Å². The molecule has 1 aromatic rings. The van der Waals surface area contributed by atoms with Crippen molar-refractivity contribution in [3.8, 4) is 0 Å². The third-order valence-corrected chi connectivity index (χ3v) is 2.00. The topological polar surface area (TPSA) is 92.4 Å². The first-order valence-corrected chi connectivity index (χ1v) is 4.62. The molecule has 2 amide bonds. The summed E-state index contributed by atoms with van der Waals surface area (Å²) in [7, 11) is 0. The molecular weight excluding hydrogens is 234 g/mol. The number of carbonyl (C=O) groups is 2. The zero-order valence-electron chi connectivity index (χ0n) is 8.61. The van der Waals surface area contributed by atoms with Crippen molar-refractivity contribution in [2.45, 2.75) is 12.5 Å². The van der Waals surface area contributed by atoms with Gasteiger partial charge in [-0.25, -0.2) is 13.6 Å². The van der Waals surface area contributed by atoms with Gasteiger partial charge in [0, 0.05) is 12.5 Å². The Morgan fingerprint density at radius 1 is 1.29 bits per heavy atom. The molecule has 0 aliphatic heterocycles. The van der Waals surface area contributed by atoms with Crippen molar-refractivity contribution in [1.82, 2.24) is 5.32 Å². The quantitative estimate of drug-likeness (QED) is 0.725. The van der Waals surface area contributed by atoms with Crippen LogP contribution in [0.4, 0.5) is 13.6 Å². The number of carbonyl (C=O) groups excluding carboxylic acids is 1. The normalized spacial score (nSPS) is 11.9. The van der Waals surface area contributed by atoms with Crippen LogP contribution < -0.4 is 11.1 Å². The molecule has 0 aromatic heterocycles. The van der Waals surface area contributed by atoms with Gasteiger partial charge >= 0.3 is 6.09 Å². The molecule has 0 bridgehead atoms. The number of nitrogens with one attached hydrogen (secondary N) is 1. The van der Waals surface area contributed by atoms with Crippen molar-refractivity contribution >= 4 is 12.0 Å². The average Bonchev–Trinajstić information content (AvgIpc) is 2.13. The van der Waals surface area contributed by atoms with E-state index in [0.717, 1.165) is 12.1 Å². The van der Waals surface area contributed by atoms with Crippen molar-refractivity contribution in [3.63, 3.8) is 0 Å². The third kappa shape index (κ3) is 4.06. The van der Waals surface area contributed by atoms with Crippen molar-refractivity contribution in [2.75, 3.05) is 0 Å². The number of nitrogens with two attached hydrogens (primary N) is 1. The van der Waals surface area contributed by atoms with Crippen LogP contribution in [-0.4, -0.2) is 23.1 Å². The molecule has 5 nitrogen and oxygen atoms in total. The highest BCUT2D eigenvalue weighted by molar-refractivity contribution is 5.84. The second-order valence-electron chi connectivity index (χ2n) is 3.39. The number of hydrogen-bond acceptors (Lipinski definition) is 2. The highest BCUT2D eigenvalue weighted by Crippen LogP contribution is 2.10. The van der Waals surface area contributed by atoms with Crippen molar-refractivity contribution in [1.29, 1.82) is 0 Å². The first-order valence-electron chi connectivity index (χ1n) is 4.62. The maximum atomic E-state index is 12.8. The van der Waals surface area contributed by atoms with Gasteiger partial charge in [-0.15, -0.1) is 0 Å². The minimum absolute atomic E-state index is 0.139. The summed E-state index contributed by atoms with van der Waals surface area (Å²) in [5.41, 5.74) is 5.10. The predicted molar refractivity (Wildman–Crippen MR) is 54.2 cm³/mol. The van der Waals surface area contributed by atoms with E-state index in [9.17, 15) is 18.4 Å². The van der Waals surface area contributed by atoms with Crippen molar-refractivity contribution < 1.29 is 23.5 Å². The summed E-state index contributed by atoms with van der Waals surface area (Å²) >= 11 is 0. The lowest BCUT2D eigenvalue weighted by Crippen LogP contribution is -2.45. The molecule has 92 valence electrons. The number of amides is 2. The molecule has 0 aliphatic rings. The van der Waals surface area contributed by atoms with E-state index >= 15 is 0 Å². The summed E-state index contributed by atoms with van der Waals surface area (Å²) in [5.74, 6) is -2.53. The molecule has 0 fully saturated rings. The first-order chi connectivity index (χ1) is 7.88. The number of rotatable bonds is 4. The van der Waals surface area contributed by atoms with Crippen LogP contribution >= 0.6 is 0 Å². The molecule has 0 saturated carbocycles. The highest BCUT2D eigenvalue weighted by atomic mass is 19.1. The number of benzene rings is 1. The summed E-state index contributed by atoms with van der Waals surface area (Å²) < 4.78 is 25.7. The molecule has 7 heteroatoms. The van der Waals surface area contributed by atoms with Gasteiger partial charge in [-0.2, -0.15) is 0 Å². The standard InChI is InChI=1S/C10H10F2N2O3/c11-6-1-5(2-7(12)4-6)3-8(9(13)15)14-10(16)17/h1-2,4,8,14H,3H2,(H2,13,15)(H,16,17). The van der Waals surface area contributed by atoms with Crippen molar-refractivity contribution in [3.05, 3.63) is 35.4 Å². The van der Waals surface area contributed by atoms with E-state index in [2.05, 4.69) is 0 Å². The van der Waals surface area contributed by atoms with Crippen LogP contribution in [0.2, 0.25) is 0 Å². The summed E-state index contributed by atoms with van der Waals surface area (Å²) in [5, 5.41) is 10.3. The van der Waals surface area contributed by atoms with Gasteiger partial charge in [0.15, 0.2) is 0 Å². The lowest BCUT2D eigenvalue weighted by Gasteiger charge is -2.13. The minimum Gasteiger partial charge on any atom is -0.465 e. The SMILES string of the molecule is NC(=O)C(Cc1cc(F)cc(F)c1)NC(=O)O. The monoisotopic (exact) mass is 244 g/mol. The van der Waals surface area contributed by atoms with Crippen LogP contribution in [0.5, 0.6) is 0 Å². The second-order valence-corrected chi connectivity index (χ2v) is 3.39. The minimum atomic E-state index is -1.44. The van der Waals surface area contributed by atoms with Crippen LogP contribution in [0.15, 0.2) is 18.2 Å². The Balaban J connectivity index is 2.85. The maximum absolute atomic E-state index is 12.8. The fraction of sp³-hybridized carbons (Fsp3) is 0.200.